The van der Waals surface area contributed by atoms with E-state index in [1.54, 1.807) is 12.5 Å². The van der Waals surface area contributed by atoms with Crippen molar-refractivity contribution in [2.45, 2.75) is 38.5 Å². The molecule has 82 valence electrons. The molecule has 0 saturated carbocycles. The number of nitrogens with one attached hydrogen (secondary N) is 1. The summed E-state index contributed by atoms with van der Waals surface area (Å²) in [6, 6.07) is 2.50. The number of ether oxygens (including phenoxy) is 1. The van der Waals surface area contributed by atoms with Crippen molar-refractivity contribution in [1.29, 1.82) is 0 Å². The zero-order valence-electron chi connectivity index (χ0n) is 9.02. The summed E-state index contributed by atoms with van der Waals surface area (Å²) in [4.78, 5) is 8.07. The summed E-state index contributed by atoms with van der Waals surface area (Å²) < 4.78 is 5.49. The lowest BCUT2D eigenvalue weighted by Crippen LogP contribution is -2.37. The highest BCUT2D eigenvalue weighted by Gasteiger charge is 2.18. The van der Waals surface area contributed by atoms with Crippen LogP contribution in [0.1, 0.15) is 25.5 Å². The molecule has 0 aromatic carbocycles. The van der Waals surface area contributed by atoms with Gasteiger partial charge in [0.2, 0.25) is 0 Å². The number of hydrogen-bond acceptors (Lipinski definition) is 4. The summed E-state index contributed by atoms with van der Waals surface area (Å²) in [6.45, 7) is 3.81. The lowest BCUT2D eigenvalue weighted by molar-refractivity contribution is 0.0130. The third-order valence-electron chi connectivity index (χ3n) is 2.70. The standard InChI is InChI=1S/C11H17N3O/c1-9-6-10(3-5-15-9)13-7-11-2-4-12-8-14-11/h2,4,8-10,13H,3,5-7H2,1H3. The zero-order chi connectivity index (χ0) is 10.5. The number of hydrogen-bond donors (Lipinski definition) is 1. The average Bonchev–Trinajstić information content (AvgIpc) is 2.28. The Hall–Kier alpha value is -1.00. The SMILES string of the molecule is CC1CC(NCc2ccncn2)CCO1. The molecule has 2 atom stereocenters. The molecule has 0 bridgehead atoms. The minimum Gasteiger partial charge on any atom is -0.378 e. The molecule has 1 fully saturated rings. The molecule has 2 unspecified atom stereocenters. The molecule has 1 aliphatic rings. The maximum Gasteiger partial charge on any atom is 0.115 e. The number of nitrogens with zero attached hydrogens (tertiary/aromatic N) is 2. The van der Waals surface area contributed by atoms with Crippen LogP contribution in [0.25, 0.3) is 0 Å². The molecule has 1 N–H and O–H groups in total. The van der Waals surface area contributed by atoms with Crippen molar-refractivity contribution in [3.8, 4) is 0 Å². The van der Waals surface area contributed by atoms with E-state index in [1.807, 2.05) is 6.07 Å². The highest BCUT2D eigenvalue weighted by Crippen LogP contribution is 2.13. The van der Waals surface area contributed by atoms with Gasteiger partial charge >= 0.3 is 0 Å². The third kappa shape index (κ3) is 3.25. The van der Waals surface area contributed by atoms with E-state index in [0.29, 0.717) is 12.1 Å². The van der Waals surface area contributed by atoms with Crippen LogP contribution in [0, 0.1) is 0 Å². The van der Waals surface area contributed by atoms with E-state index in [9.17, 15) is 0 Å². The molecule has 4 nitrogen and oxygen atoms in total. The van der Waals surface area contributed by atoms with E-state index < -0.39 is 0 Å². The van der Waals surface area contributed by atoms with Crippen molar-refractivity contribution < 1.29 is 4.74 Å². The van der Waals surface area contributed by atoms with Crippen molar-refractivity contribution in [2.75, 3.05) is 6.61 Å². The smallest absolute Gasteiger partial charge is 0.115 e. The Kier molecular flexibility index (Phi) is 3.64. The topological polar surface area (TPSA) is 47.0 Å². The first-order valence-corrected chi connectivity index (χ1v) is 5.44. The third-order valence-corrected chi connectivity index (χ3v) is 2.70. The molecular weight excluding hydrogens is 190 g/mol. The van der Waals surface area contributed by atoms with E-state index in [1.165, 1.54) is 0 Å². The first-order chi connectivity index (χ1) is 7.34. The first kappa shape index (κ1) is 10.5. The van der Waals surface area contributed by atoms with E-state index >= 15 is 0 Å². The highest BCUT2D eigenvalue weighted by atomic mass is 16.5. The monoisotopic (exact) mass is 207 g/mol. The minimum absolute atomic E-state index is 0.377. The highest BCUT2D eigenvalue weighted by molar-refractivity contribution is 4.97. The van der Waals surface area contributed by atoms with E-state index in [0.717, 1.165) is 31.7 Å². The Morgan fingerprint density at radius 1 is 1.60 bits per heavy atom. The quantitative estimate of drug-likeness (QED) is 0.807. The zero-order valence-corrected chi connectivity index (χ0v) is 9.02. The summed E-state index contributed by atoms with van der Waals surface area (Å²) in [7, 11) is 0. The predicted molar refractivity (Wildman–Crippen MR) is 57.3 cm³/mol. The van der Waals surface area contributed by atoms with Gasteiger partial charge in [0.15, 0.2) is 0 Å². The van der Waals surface area contributed by atoms with Crippen molar-refractivity contribution in [3.63, 3.8) is 0 Å². The van der Waals surface area contributed by atoms with Gasteiger partial charge in [-0.05, 0) is 25.8 Å². The van der Waals surface area contributed by atoms with Crippen LogP contribution in [0.5, 0.6) is 0 Å². The summed E-state index contributed by atoms with van der Waals surface area (Å²) in [5.41, 5.74) is 1.05. The maximum atomic E-state index is 5.49. The molecule has 0 amide bonds. The summed E-state index contributed by atoms with van der Waals surface area (Å²) >= 11 is 0. The van der Waals surface area contributed by atoms with Crippen LogP contribution in [-0.4, -0.2) is 28.7 Å². The molecule has 15 heavy (non-hydrogen) atoms. The lowest BCUT2D eigenvalue weighted by Gasteiger charge is -2.27. The molecule has 0 aliphatic carbocycles. The van der Waals surface area contributed by atoms with E-state index in [2.05, 4.69) is 22.2 Å². The lowest BCUT2D eigenvalue weighted by atomic mass is 10.0. The summed E-state index contributed by atoms with van der Waals surface area (Å²) in [6.07, 6.45) is 5.92. The molecule has 2 heterocycles. The van der Waals surface area contributed by atoms with Gasteiger partial charge in [0, 0.05) is 25.4 Å². The molecule has 4 heteroatoms. The predicted octanol–water partition coefficient (Wildman–Crippen LogP) is 1.13. The van der Waals surface area contributed by atoms with Gasteiger partial charge in [0.05, 0.1) is 11.8 Å². The van der Waals surface area contributed by atoms with Gasteiger partial charge in [-0.2, -0.15) is 0 Å². The Morgan fingerprint density at radius 3 is 3.27 bits per heavy atom. The van der Waals surface area contributed by atoms with Crippen LogP contribution in [0.2, 0.25) is 0 Å². The Bertz CT molecular complexity index is 291. The molecular formula is C11H17N3O. The first-order valence-electron chi connectivity index (χ1n) is 5.44. The molecule has 1 aromatic heterocycles. The van der Waals surface area contributed by atoms with E-state index in [4.69, 9.17) is 4.74 Å². The molecule has 1 aromatic rings. The minimum atomic E-state index is 0.377. The van der Waals surface area contributed by atoms with Gasteiger partial charge in [-0.25, -0.2) is 9.97 Å². The second-order valence-corrected chi connectivity index (χ2v) is 3.98. The Balaban J connectivity index is 1.78. The van der Waals surface area contributed by atoms with Crippen molar-refractivity contribution in [2.24, 2.45) is 0 Å². The van der Waals surface area contributed by atoms with Gasteiger partial charge in [0.1, 0.15) is 6.33 Å². The second-order valence-electron chi connectivity index (χ2n) is 3.98. The van der Waals surface area contributed by atoms with Crippen LogP contribution in [0.15, 0.2) is 18.6 Å². The molecule has 1 saturated heterocycles. The molecule has 0 spiro atoms. The maximum absolute atomic E-state index is 5.49. The Labute approximate surface area is 90.1 Å². The summed E-state index contributed by atoms with van der Waals surface area (Å²) in [5.74, 6) is 0. The number of rotatable bonds is 3. The van der Waals surface area contributed by atoms with Crippen molar-refractivity contribution in [3.05, 3.63) is 24.3 Å². The fourth-order valence-electron chi connectivity index (χ4n) is 1.86. The van der Waals surface area contributed by atoms with Crippen LogP contribution >= 0.6 is 0 Å². The average molecular weight is 207 g/mol. The van der Waals surface area contributed by atoms with E-state index in [-0.39, 0.29) is 0 Å². The van der Waals surface area contributed by atoms with Crippen LogP contribution < -0.4 is 5.32 Å². The molecule has 1 aliphatic heterocycles. The van der Waals surface area contributed by atoms with Crippen LogP contribution in [0.4, 0.5) is 0 Å². The van der Waals surface area contributed by atoms with Crippen LogP contribution in [0.3, 0.4) is 0 Å². The fraction of sp³-hybridized carbons (Fsp3) is 0.636. The van der Waals surface area contributed by atoms with Gasteiger partial charge in [0.25, 0.3) is 0 Å². The van der Waals surface area contributed by atoms with Gasteiger partial charge in [-0.15, -0.1) is 0 Å². The molecule has 2 rings (SSSR count). The fourth-order valence-corrected chi connectivity index (χ4v) is 1.86. The normalized spacial score (nSPS) is 26.5. The summed E-state index contributed by atoms with van der Waals surface area (Å²) in [5, 5.41) is 3.50. The second kappa shape index (κ2) is 5.19. The number of aromatic nitrogens is 2. The molecule has 0 radical (unpaired) electrons. The van der Waals surface area contributed by atoms with Gasteiger partial charge in [-0.1, -0.05) is 0 Å². The van der Waals surface area contributed by atoms with Gasteiger partial charge in [-0.3, -0.25) is 0 Å². The largest absolute Gasteiger partial charge is 0.378 e. The van der Waals surface area contributed by atoms with Crippen LogP contribution in [-0.2, 0) is 11.3 Å². The Morgan fingerprint density at radius 2 is 2.53 bits per heavy atom. The van der Waals surface area contributed by atoms with Gasteiger partial charge < -0.3 is 10.1 Å². The van der Waals surface area contributed by atoms with Crippen molar-refractivity contribution in [1.82, 2.24) is 15.3 Å². The van der Waals surface area contributed by atoms with Crippen molar-refractivity contribution >= 4 is 0 Å².